The molecule has 0 saturated carbocycles. The van der Waals surface area contributed by atoms with Crippen molar-refractivity contribution in [2.45, 2.75) is 18.2 Å². The van der Waals surface area contributed by atoms with Gasteiger partial charge in [0.2, 0.25) is 5.91 Å². The lowest BCUT2D eigenvalue weighted by molar-refractivity contribution is -0.115. The van der Waals surface area contributed by atoms with Crippen molar-refractivity contribution in [3.63, 3.8) is 0 Å². The topological polar surface area (TPSA) is 81.2 Å². The van der Waals surface area contributed by atoms with E-state index >= 15 is 0 Å². The van der Waals surface area contributed by atoms with Gasteiger partial charge in [-0.1, -0.05) is 16.8 Å². The van der Waals surface area contributed by atoms with Crippen LogP contribution in [-0.4, -0.2) is 16.8 Å². The van der Waals surface area contributed by atoms with Crippen molar-refractivity contribution in [1.82, 2.24) is 5.16 Å². The van der Waals surface area contributed by atoms with Crippen LogP contribution in [0.5, 0.6) is 0 Å². The first-order valence-electron chi connectivity index (χ1n) is 5.95. The number of benzene rings is 1. The van der Waals surface area contributed by atoms with Crippen LogP contribution < -0.4 is 11.1 Å². The molecule has 2 rings (SSSR count). The molecule has 0 saturated heterocycles. The Hall–Kier alpha value is -1.66. The van der Waals surface area contributed by atoms with Crippen LogP contribution in [0.1, 0.15) is 12.2 Å². The van der Waals surface area contributed by atoms with Crippen molar-refractivity contribution in [3.8, 4) is 0 Å². The normalized spacial score (nSPS) is 10.5. The van der Waals surface area contributed by atoms with E-state index in [0.717, 1.165) is 4.90 Å². The molecule has 0 aliphatic rings. The summed E-state index contributed by atoms with van der Waals surface area (Å²) in [5, 5.41) is 6.99. The summed E-state index contributed by atoms with van der Waals surface area (Å²) in [7, 11) is 0. The Bertz CT molecular complexity index is 615. The van der Waals surface area contributed by atoms with Crippen LogP contribution >= 0.6 is 23.4 Å². The van der Waals surface area contributed by atoms with Crippen molar-refractivity contribution in [3.05, 3.63) is 35.0 Å². The van der Waals surface area contributed by atoms with Gasteiger partial charge in [0.15, 0.2) is 5.82 Å². The maximum Gasteiger partial charge on any atom is 0.226 e. The third kappa shape index (κ3) is 4.18. The van der Waals surface area contributed by atoms with Gasteiger partial charge in [-0.3, -0.25) is 4.79 Å². The molecule has 0 spiro atoms. The monoisotopic (exact) mass is 311 g/mol. The molecule has 0 aliphatic heterocycles. The number of aromatic nitrogens is 1. The van der Waals surface area contributed by atoms with Crippen LogP contribution in [0.4, 0.5) is 11.5 Å². The number of anilines is 2. The Labute approximate surface area is 125 Å². The SMILES string of the molecule is Cc1cc(NC(=O)CCSc2cc(Cl)ccc2N)no1. The van der Waals surface area contributed by atoms with Crippen molar-refractivity contribution in [2.75, 3.05) is 16.8 Å². The maximum absolute atomic E-state index is 11.7. The number of nitrogens with zero attached hydrogens (tertiary/aromatic N) is 1. The molecule has 0 bridgehead atoms. The number of halogens is 1. The Morgan fingerprint density at radius 2 is 2.30 bits per heavy atom. The largest absolute Gasteiger partial charge is 0.398 e. The van der Waals surface area contributed by atoms with Crippen LogP contribution in [0, 0.1) is 6.92 Å². The summed E-state index contributed by atoms with van der Waals surface area (Å²) in [5.74, 6) is 1.57. The molecule has 7 heteroatoms. The maximum atomic E-state index is 11.7. The second kappa shape index (κ2) is 6.67. The summed E-state index contributed by atoms with van der Waals surface area (Å²) < 4.78 is 4.87. The average molecular weight is 312 g/mol. The molecule has 0 aliphatic carbocycles. The summed E-state index contributed by atoms with van der Waals surface area (Å²) in [6, 6.07) is 6.95. The molecule has 1 aromatic carbocycles. The lowest BCUT2D eigenvalue weighted by Crippen LogP contribution is -2.12. The van der Waals surface area contributed by atoms with Crippen molar-refractivity contribution >= 4 is 40.8 Å². The third-order valence-corrected chi connectivity index (χ3v) is 3.77. The average Bonchev–Trinajstić information content (AvgIpc) is 2.79. The van der Waals surface area contributed by atoms with E-state index < -0.39 is 0 Å². The number of amides is 1. The van der Waals surface area contributed by atoms with Crippen LogP contribution in [0.25, 0.3) is 0 Å². The fourth-order valence-corrected chi connectivity index (χ4v) is 2.71. The number of nitrogens with two attached hydrogens (primary N) is 1. The minimum absolute atomic E-state index is 0.119. The summed E-state index contributed by atoms with van der Waals surface area (Å²) in [6.07, 6.45) is 0.350. The molecule has 20 heavy (non-hydrogen) atoms. The first-order chi connectivity index (χ1) is 9.54. The fourth-order valence-electron chi connectivity index (χ4n) is 1.52. The zero-order valence-electron chi connectivity index (χ0n) is 10.9. The highest BCUT2D eigenvalue weighted by Crippen LogP contribution is 2.28. The van der Waals surface area contributed by atoms with Crippen LogP contribution in [0.2, 0.25) is 5.02 Å². The molecule has 2 aromatic rings. The Kier molecular flexibility index (Phi) is 4.92. The van der Waals surface area contributed by atoms with E-state index in [1.807, 2.05) is 0 Å². The highest BCUT2D eigenvalue weighted by molar-refractivity contribution is 7.99. The van der Waals surface area contributed by atoms with Gasteiger partial charge in [-0.2, -0.15) is 0 Å². The predicted molar refractivity (Wildman–Crippen MR) is 81.1 cm³/mol. The van der Waals surface area contributed by atoms with Crippen LogP contribution in [-0.2, 0) is 4.79 Å². The van der Waals surface area contributed by atoms with Crippen molar-refractivity contribution in [1.29, 1.82) is 0 Å². The molecule has 1 aromatic heterocycles. The highest BCUT2D eigenvalue weighted by atomic mass is 35.5. The molecule has 3 N–H and O–H groups in total. The van der Waals surface area contributed by atoms with E-state index in [0.29, 0.717) is 34.5 Å². The molecule has 1 heterocycles. The zero-order valence-corrected chi connectivity index (χ0v) is 12.4. The number of hydrogen-bond donors (Lipinski definition) is 2. The highest BCUT2D eigenvalue weighted by Gasteiger charge is 2.07. The molecule has 0 atom stereocenters. The number of carbonyl (C=O) groups is 1. The second-order valence-electron chi connectivity index (χ2n) is 4.15. The van der Waals surface area contributed by atoms with E-state index in [9.17, 15) is 4.79 Å². The van der Waals surface area contributed by atoms with E-state index in [1.165, 1.54) is 11.8 Å². The molecular weight excluding hydrogens is 298 g/mol. The van der Waals surface area contributed by atoms with Gasteiger partial charge in [-0.05, 0) is 25.1 Å². The van der Waals surface area contributed by atoms with E-state index in [-0.39, 0.29) is 5.91 Å². The summed E-state index contributed by atoms with van der Waals surface area (Å²) in [4.78, 5) is 12.6. The smallest absolute Gasteiger partial charge is 0.226 e. The summed E-state index contributed by atoms with van der Waals surface area (Å²) >= 11 is 7.39. The number of thioether (sulfide) groups is 1. The minimum atomic E-state index is -0.119. The number of hydrogen-bond acceptors (Lipinski definition) is 5. The lowest BCUT2D eigenvalue weighted by Gasteiger charge is -2.05. The van der Waals surface area contributed by atoms with Gasteiger partial charge in [0.05, 0.1) is 0 Å². The molecule has 106 valence electrons. The van der Waals surface area contributed by atoms with Gasteiger partial charge in [0.1, 0.15) is 5.76 Å². The minimum Gasteiger partial charge on any atom is -0.398 e. The molecular formula is C13H14ClN3O2S. The number of nitrogens with one attached hydrogen (secondary N) is 1. The Morgan fingerprint density at radius 1 is 1.50 bits per heavy atom. The van der Waals surface area contributed by atoms with Gasteiger partial charge < -0.3 is 15.6 Å². The molecule has 0 fully saturated rings. The van der Waals surface area contributed by atoms with E-state index in [4.69, 9.17) is 21.9 Å². The Balaban J connectivity index is 1.80. The Morgan fingerprint density at radius 3 is 3.00 bits per heavy atom. The lowest BCUT2D eigenvalue weighted by atomic mass is 10.3. The summed E-state index contributed by atoms with van der Waals surface area (Å²) in [5.41, 5.74) is 6.49. The number of aryl methyl sites for hydroxylation is 1. The van der Waals surface area contributed by atoms with Crippen molar-refractivity contribution in [2.24, 2.45) is 0 Å². The third-order valence-electron chi connectivity index (χ3n) is 2.46. The quantitative estimate of drug-likeness (QED) is 0.654. The molecule has 1 amide bonds. The van der Waals surface area contributed by atoms with E-state index in [2.05, 4.69) is 10.5 Å². The molecule has 0 radical (unpaired) electrons. The van der Waals surface area contributed by atoms with Crippen LogP contribution in [0.3, 0.4) is 0 Å². The van der Waals surface area contributed by atoms with Gasteiger partial charge in [0.25, 0.3) is 0 Å². The predicted octanol–water partition coefficient (Wildman–Crippen LogP) is 3.34. The van der Waals surface area contributed by atoms with E-state index in [1.54, 1.807) is 31.2 Å². The number of rotatable bonds is 5. The summed E-state index contributed by atoms with van der Waals surface area (Å²) in [6.45, 7) is 1.76. The fraction of sp³-hybridized carbons (Fsp3) is 0.231. The number of nitrogen functional groups attached to an aromatic ring is 1. The van der Waals surface area contributed by atoms with Gasteiger partial charge in [-0.15, -0.1) is 11.8 Å². The standard InChI is InChI=1S/C13H14ClN3O2S/c1-8-6-12(17-19-8)16-13(18)4-5-20-11-7-9(14)2-3-10(11)15/h2-3,6-7H,4-5,15H2,1H3,(H,16,17,18). The van der Waals surface area contributed by atoms with Gasteiger partial charge >= 0.3 is 0 Å². The first kappa shape index (κ1) is 14.7. The molecule has 5 nitrogen and oxygen atoms in total. The first-order valence-corrected chi connectivity index (χ1v) is 7.32. The van der Waals surface area contributed by atoms with Crippen molar-refractivity contribution < 1.29 is 9.32 Å². The number of carbonyl (C=O) groups excluding carboxylic acids is 1. The second-order valence-corrected chi connectivity index (χ2v) is 5.72. The molecule has 0 unspecified atom stereocenters. The van der Waals surface area contributed by atoms with Gasteiger partial charge in [0, 0.05) is 33.8 Å². The zero-order chi connectivity index (χ0) is 14.5. The van der Waals surface area contributed by atoms with Crippen LogP contribution in [0.15, 0.2) is 33.7 Å². The van der Waals surface area contributed by atoms with Gasteiger partial charge in [-0.25, -0.2) is 0 Å².